The average Bonchev–Trinajstić information content (AvgIpc) is 2.76. The number of carbonyl (C=O) groups is 3. The number of ether oxygens (including phenoxy) is 2. The first-order valence-corrected chi connectivity index (χ1v) is 10.4. The Hall–Kier alpha value is -2.91. The quantitative estimate of drug-likeness (QED) is 0.438. The monoisotopic (exact) mass is 492 g/mol. The van der Waals surface area contributed by atoms with Crippen molar-refractivity contribution < 1.29 is 29.0 Å². The number of aliphatic hydroxyl groups excluding tert-OH is 1. The fourth-order valence-electron chi connectivity index (χ4n) is 2.75. The van der Waals surface area contributed by atoms with Crippen LogP contribution < -0.4 is 10.6 Å². The van der Waals surface area contributed by atoms with Gasteiger partial charge in [0.15, 0.2) is 0 Å². The summed E-state index contributed by atoms with van der Waals surface area (Å²) in [5.41, 5.74) is 1.66. The predicted octanol–water partition coefficient (Wildman–Crippen LogP) is 2.33. The molecule has 0 bridgehead atoms. The largest absolute Gasteiger partial charge is 0.467 e. The maximum atomic E-state index is 12.3. The molecule has 0 aliphatic rings. The molecule has 3 N–H and O–H groups in total. The van der Waals surface area contributed by atoms with Gasteiger partial charge in [-0.2, -0.15) is 0 Å². The number of halogens is 1. The van der Waals surface area contributed by atoms with Gasteiger partial charge in [0.05, 0.1) is 19.6 Å². The number of nitrogens with one attached hydrogen (secondary N) is 2. The van der Waals surface area contributed by atoms with Crippen LogP contribution in [0.15, 0.2) is 59.1 Å². The fourth-order valence-corrected chi connectivity index (χ4v) is 3.20. The Morgan fingerprint density at radius 3 is 2.45 bits per heavy atom. The van der Waals surface area contributed by atoms with E-state index in [1.807, 2.05) is 54.6 Å². The van der Waals surface area contributed by atoms with Crippen LogP contribution in [0, 0.1) is 0 Å². The molecule has 0 spiro atoms. The second kappa shape index (κ2) is 12.7. The number of hydrogen-bond acceptors (Lipinski definition) is 6. The minimum Gasteiger partial charge on any atom is -0.467 e. The molecular formula is C22H25BrN2O6. The van der Waals surface area contributed by atoms with Crippen molar-refractivity contribution in [1.82, 2.24) is 10.6 Å². The van der Waals surface area contributed by atoms with E-state index in [-0.39, 0.29) is 26.0 Å². The highest BCUT2D eigenvalue weighted by Gasteiger charge is 2.23. The molecule has 2 rings (SSSR count). The van der Waals surface area contributed by atoms with Gasteiger partial charge < -0.3 is 25.2 Å². The number of carbonyl (C=O) groups excluding carboxylic acids is 3. The Morgan fingerprint density at radius 1 is 1.06 bits per heavy atom. The Bertz CT molecular complexity index is 877. The van der Waals surface area contributed by atoms with Crippen molar-refractivity contribution in [2.45, 2.75) is 31.6 Å². The zero-order chi connectivity index (χ0) is 22.6. The van der Waals surface area contributed by atoms with Crippen LogP contribution in [0.1, 0.15) is 17.5 Å². The number of methoxy groups -OCH3 is 1. The number of rotatable bonds is 10. The summed E-state index contributed by atoms with van der Waals surface area (Å²) in [5.74, 6) is -1.14. The molecule has 2 aromatic carbocycles. The zero-order valence-electron chi connectivity index (χ0n) is 17.0. The smallest absolute Gasteiger partial charge is 0.407 e. The van der Waals surface area contributed by atoms with Crippen LogP contribution in [0.3, 0.4) is 0 Å². The van der Waals surface area contributed by atoms with Crippen molar-refractivity contribution in [2.24, 2.45) is 0 Å². The van der Waals surface area contributed by atoms with Crippen molar-refractivity contribution >= 4 is 33.9 Å². The molecule has 0 aliphatic heterocycles. The summed E-state index contributed by atoms with van der Waals surface area (Å²) in [6.07, 6.45) is -1.91. The van der Waals surface area contributed by atoms with Crippen molar-refractivity contribution in [3.05, 3.63) is 70.2 Å². The van der Waals surface area contributed by atoms with Crippen LogP contribution in [0.5, 0.6) is 0 Å². The molecule has 0 unspecified atom stereocenters. The molecule has 0 saturated heterocycles. The summed E-state index contributed by atoms with van der Waals surface area (Å²) in [7, 11) is 1.24. The third-order valence-corrected chi connectivity index (χ3v) is 4.76. The number of esters is 1. The average molecular weight is 493 g/mol. The van der Waals surface area contributed by atoms with Gasteiger partial charge in [0.25, 0.3) is 0 Å². The first-order chi connectivity index (χ1) is 14.9. The van der Waals surface area contributed by atoms with E-state index in [1.54, 1.807) is 0 Å². The van der Waals surface area contributed by atoms with E-state index in [1.165, 1.54) is 7.11 Å². The second-order valence-electron chi connectivity index (χ2n) is 6.78. The van der Waals surface area contributed by atoms with Gasteiger partial charge >= 0.3 is 12.1 Å². The summed E-state index contributed by atoms with van der Waals surface area (Å²) in [6.45, 7) is -0.0742. The Kier molecular flexibility index (Phi) is 9.99. The summed E-state index contributed by atoms with van der Waals surface area (Å²) in [4.78, 5) is 36.0. The van der Waals surface area contributed by atoms with Crippen molar-refractivity contribution in [3.8, 4) is 0 Å². The first kappa shape index (κ1) is 24.4. The van der Waals surface area contributed by atoms with E-state index in [0.717, 1.165) is 15.6 Å². The highest BCUT2D eigenvalue weighted by molar-refractivity contribution is 9.10. The van der Waals surface area contributed by atoms with Gasteiger partial charge in [0.2, 0.25) is 5.91 Å². The first-order valence-electron chi connectivity index (χ1n) is 9.61. The third kappa shape index (κ3) is 9.18. The van der Waals surface area contributed by atoms with E-state index in [9.17, 15) is 19.5 Å². The number of amides is 2. The van der Waals surface area contributed by atoms with Crippen LogP contribution in [-0.4, -0.2) is 48.9 Å². The molecule has 0 heterocycles. The van der Waals surface area contributed by atoms with Crippen LogP contribution in [0.2, 0.25) is 0 Å². The molecule has 0 aliphatic carbocycles. The van der Waals surface area contributed by atoms with Gasteiger partial charge in [-0.1, -0.05) is 58.4 Å². The lowest BCUT2D eigenvalue weighted by molar-refractivity contribution is -0.145. The van der Waals surface area contributed by atoms with Gasteiger partial charge in [-0.05, 0) is 23.3 Å². The normalized spacial score (nSPS) is 12.4. The third-order valence-electron chi connectivity index (χ3n) is 4.27. The molecule has 0 radical (unpaired) electrons. The molecule has 0 fully saturated rings. The summed E-state index contributed by atoms with van der Waals surface area (Å²) in [6, 6.07) is 15.6. The molecule has 166 valence electrons. The molecule has 9 heteroatoms. The number of benzene rings is 2. The van der Waals surface area contributed by atoms with Gasteiger partial charge in [-0.3, -0.25) is 4.79 Å². The van der Waals surface area contributed by atoms with Gasteiger partial charge in [0, 0.05) is 17.4 Å². The topological polar surface area (TPSA) is 114 Å². The lowest BCUT2D eigenvalue weighted by atomic mass is 10.1. The molecule has 2 atom stereocenters. The standard InChI is InChI=1S/C22H25BrN2O6/c1-30-21(28)19(11-16-8-5-9-17(23)10-16)25-20(27)12-18(26)13-24-22(29)31-14-15-6-3-2-4-7-15/h2-10,18-19,26H,11-14H2,1H3,(H,24,29)(H,25,27)/t18-,19+/m1/s1. The van der Waals surface area contributed by atoms with E-state index < -0.39 is 30.1 Å². The van der Waals surface area contributed by atoms with Gasteiger partial charge in [-0.15, -0.1) is 0 Å². The number of hydrogen-bond donors (Lipinski definition) is 3. The minimum atomic E-state index is -1.14. The minimum absolute atomic E-state index is 0.0969. The van der Waals surface area contributed by atoms with Crippen LogP contribution in [0.25, 0.3) is 0 Å². The maximum absolute atomic E-state index is 12.3. The van der Waals surface area contributed by atoms with Crippen molar-refractivity contribution in [2.75, 3.05) is 13.7 Å². The lowest BCUT2D eigenvalue weighted by Gasteiger charge is -2.18. The van der Waals surface area contributed by atoms with E-state index in [0.29, 0.717) is 0 Å². The Balaban J connectivity index is 1.77. The predicted molar refractivity (Wildman–Crippen MR) is 117 cm³/mol. The van der Waals surface area contributed by atoms with Crippen molar-refractivity contribution in [3.63, 3.8) is 0 Å². The summed E-state index contributed by atoms with van der Waals surface area (Å²) >= 11 is 3.36. The fraction of sp³-hybridized carbons (Fsp3) is 0.318. The second-order valence-corrected chi connectivity index (χ2v) is 7.69. The molecule has 8 nitrogen and oxygen atoms in total. The van der Waals surface area contributed by atoms with Crippen LogP contribution >= 0.6 is 15.9 Å². The van der Waals surface area contributed by atoms with Crippen molar-refractivity contribution in [1.29, 1.82) is 0 Å². The summed E-state index contributed by atoms with van der Waals surface area (Å²) in [5, 5.41) is 15.0. The molecule has 0 saturated carbocycles. The van der Waals surface area contributed by atoms with Gasteiger partial charge in [0.1, 0.15) is 12.6 Å². The molecular weight excluding hydrogens is 468 g/mol. The molecule has 31 heavy (non-hydrogen) atoms. The summed E-state index contributed by atoms with van der Waals surface area (Å²) < 4.78 is 10.7. The molecule has 2 amide bonds. The SMILES string of the molecule is COC(=O)[C@H](Cc1cccc(Br)c1)NC(=O)C[C@@H](O)CNC(=O)OCc1ccccc1. The van der Waals surface area contributed by atoms with Crippen LogP contribution in [0.4, 0.5) is 4.79 Å². The number of alkyl carbamates (subject to hydrolysis) is 1. The maximum Gasteiger partial charge on any atom is 0.407 e. The zero-order valence-corrected chi connectivity index (χ0v) is 18.6. The Labute approximate surface area is 189 Å². The lowest BCUT2D eigenvalue weighted by Crippen LogP contribution is -2.45. The van der Waals surface area contributed by atoms with E-state index >= 15 is 0 Å². The van der Waals surface area contributed by atoms with E-state index in [4.69, 9.17) is 9.47 Å². The van der Waals surface area contributed by atoms with Crippen LogP contribution in [-0.2, 0) is 32.1 Å². The van der Waals surface area contributed by atoms with Gasteiger partial charge in [-0.25, -0.2) is 9.59 Å². The highest BCUT2D eigenvalue weighted by Crippen LogP contribution is 2.13. The molecule has 2 aromatic rings. The highest BCUT2D eigenvalue weighted by atomic mass is 79.9. The molecule has 0 aromatic heterocycles. The Morgan fingerprint density at radius 2 is 1.77 bits per heavy atom. The number of aliphatic hydroxyl groups is 1. The van der Waals surface area contributed by atoms with E-state index in [2.05, 4.69) is 26.6 Å².